The van der Waals surface area contributed by atoms with Gasteiger partial charge in [0.2, 0.25) is 0 Å². The zero-order valence-corrected chi connectivity index (χ0v) is 10.4. The fraction of sp³-hybridized carbons (Fsp3) is 0.923. The van der Waals surface area contributed by atoms with Crippen molar-refractivity contribution in [2.45, 2.75) is 45.4 Å². The maximum atomic E-state index is 11.7. The first kappa shape index (κ1) is 13.7. The topological polar surface area (TPSA) is 35.5 Å². The predicted octanol–water partition coefficient (Wildman–Crippen LogP) is 2.58. The summed E-state index contributed by atoms with van der Waals surface area (Å²) in [5.74, 6) is 0.556. The molecule has 0 heterocycles. The lowest BCUT2D eigenvalue weighted by Crippen LogP contribution is -2.23. The van der Waals surface area contributed by atoms with Gasteiger partial charge >= 0.3 is 0 Å². The highest BCUT2D eigenvalue weighted by Crippen LogP contribution is 2.24. The first-order chi connectivity index (χ1) is 7.84. The summed E-state index contributed by atoms with van der Waals surface area (Å²) in [6.45, 7) is 4.28. The Morgan fingerprint density at radius 3 is 2.44 bits per heavy atom. The molecular weight excluding hydrogens is 204 g/mol. The molecule has 1 aliphatic carbocycles. The first-order valence-electron chi connectivity index (χ1n) is 6.52. The molecule has 0 aromatic heterocycles. The van der Waals surface area contributed by atoms with Gasteiger partial charge in [0, 0.05) is 12.5 Å². The van der Waals surface area contributed by atoms with Gasteiger partial charge in [-0.05, 0) is 19.3 Å². The molecule has 0 bridgehead atoms. The van der Waals surface area contributed by atoms with Gasteiger partial charge in [0.05, 0.1) is 13.2 Å². The van der Waals surface area contributed by atoms with Crippen LogP contribution in [0.1, 0.15) is 45.4 Å². The normalized spacial score (nSPS) is 17.6. The first-order valence-corrected chi connectivity index (χ1v) is 6.52. The Bertz CT molecular complexity index is 186. The van der Waals surface area contributed by atoms with Gasteiger partial charge in [0.1, 0.15) is 6.61 Å². The number of rotatable bonds is 8. The zero-order chi connectivity index (χ0) is 11.6. The average Bonchev–Trinajstić information content (AvgIpc) is 2.34. The third-order valence-electron chi connectivity index (χ3n) is 3.03. The Morgan fingerprint density at radius 2 is 1.75 bits per heavy atom. The molecule has 1 saturated carbocycles. The summed E-state index contributed by atoms with van der Waals surface area (Å²) < 4.78 is 10.6. The van der Waals surface area contributed by atoms with Crippen LogP contribution in [0.15, 0.2) is 0 Å². The van der Waals surface area contributed by atoms with Crippen molar-refractivity contribution in [3.63, 3.8) is 0 Å². The molecule has 0 atom stereocenters. The van der Waals surface area contributed by atoms with Crippen LogP contribution in [0.25, 0.3) is 0 Å². The summed E-state index contributed by atoms with van der Waals surface area (Å²) in [4.78, 5) is 11.7. The van der Waals surface area contributed by atoms with E-state index < -0.39 is 0 Å². The number of ether oxygens (including phenoxy) is 2. The SMILES string of the molecule is CCCOCCOCC(=O)C1CCCCC1. The van der Waals surface area contributed by atoms with E-state index in [1.165, 1.54) is 19.3 Å². The Hall–Kier alpha value is -0.410. The Kier molecular flexibility index (Phi) is 7.43. The molecule has 16 heavy (non-hydrogen) atoms. The lowest BCUT2D eigenvalue weighted by atomic mass is 9.86. The van der Waals surface area contributed by atoms with E-state index in [1.807, 2.05) is 0 Å². The monoisotopic (exact) mass is 228 g/mol. The highest BCUT2D eigenvalue weighted by molar-refractivity contribution is 5.82. The second-order valence-corrected chi connectivity index (χ2v) is 4.47. The van der Waals surface area contributed by atoms with Gasteiger partial charge in [-0.2, -0.15) is 0 Å². The minimum absolute atomic E-state index is 0.269. The minimum Gasteiger partial charge on any atom is -0.379 e. The van der Waals surface area contributed by atoms with Crippen LogP contribution in [0.2, 0.25) is 0 Å². The molecule has 0 N–H and O–H groups in total. The van der Waals surface area contributed by atoms with Crippen molar-refractivity contribution >= 4 is 5.78 Å². The fourth-order valence-corrected chi connectivity index (χ4v) is 2.08. The van der Waals surface area contributed by atoms with Crippen LogP contribution in [0.3, 0.4) is 0 Å². The smallest absolute Gasteiger partial charge is 0.161 e. The molecule has 0 amide bonds. The van der Waals surface area contributed by atoms with E-state index in [0.29, 0.717) is 13.2 Å². The second kappa shape index (κ2) is 8.71. The van der Waals surface area contributed by atoms with Crippen molar-refractivity contribution in [2.24, 2.45) is 5.92 Å². The van der Waals surface area contributed by atoms with Gasteiger partial charge in [-0.25, -0.2) is 0 Å². The Balaban J connectivity index is 1.97. The molecule has 0 unspecified atom stereocenters. The Morgan fingerprint density at radius 1 is 1.06 bits per heavy atom. The van der Waals surface area contributed by atoms with E-state index in [9.17, 15) is 4.79 Å². The number of Topliss-reactive ketones (excluding diaryl/α,β-unsaturated/α-hetero) is 1. The predicted molar refractivity (Wildman–Crippen MR) is 63.5 cm³/mol. The standard InChI is InChI=1S/C13H24O3/c1-2-8-15-9-10-16-11-13(14)12-6-4-3-5-7-12/h12H,2-11H2,1H3. The molecule has 0 aromatic rings. The van der Waals surface area contributed by atoms with E-state index in [4.69, 9.17) is 9.47 Å². The van der Waals surface area contributed by atoms with Crippen LogP contribution in [-0.2, 0) is 14.3 Å². The summed E-state index contributed by atoms with van der Waals surface area (Å²) >= 11 is 0. The summed E-state index contributed by atoms with van der Waals surface area (Å²) in [6, 6.07) is 0. The number of carbonyl (C=O) groups is 1. The molecule has 0 aromatic carbocycles. The largest absolute Gasteiger partial charge is 0.379 e. The molecule has 1 rings (SSSR count). The van der Waals surface area contributed by atoms with Crippen molar-refractivity contribution in [1.82, 2.24) is 0 Å². The van der Waals surface area contributed by atoms with Crippen LogP contribution < -0.4 is 0 Å². The van der Waals surface area contributed by atoms with Gasteiger partial charge < -0.3 is 9.47 Å². The summed E-state index contributed by atoms with van der Waals surface area (Å²) in [5.41, 5.74) is 0. The van der Waals surface area contributed by atoms with Crippen molar-refractivity contribution in [1.29, 1.82) is 0 Å². The van der Waals surface area contributed by atoms with Crippen LogP contribution in [-0.4, -0.2) is 32.2 Å². The van der Waals surface area contributed by atoms with Crippen LogP contribution in [0.4, 0.5) is 0 Å². The van der Waals surface area contributed by atoms with E-state index in [0.717, 1.165) is 25.9 Å². The second-order valence-electron chi connectivity index (χ2n) is 4.47. The molecule has 0 saturated heterocycles. The number of hydrogen-bond acceptors (Lipinski definition) is 3. The molecule has 1 aliphatic rings. The molecule has 0 aliphatic heterocycles. The molecule has 94 valence electrons. The van der Waals surface area contributed by atoms with Gasteiger partial charge in [0.15, 0.2) is 5.78 Å². The molecular formula is C13H24O3. The molecule has 0 radical (unpaired) electrons. The van der Waals surface area contributed by atoms with Crippen molar-refractivity contribution in [2.75, 3.05) is 26.4 Å². The molecule has 1 fully saturated rings. The van der Waals surface area contributed by atoms with Gasteiger partial charge in [-0.3, -0.25) is 4.79 Å². The summed E-state index contributed by atoms with van der Waals surface area (Å²) in [6.07, 6.45) is 6.85. The highest BCUT2D eigenvalue weighted by Gasteiger charge is 2.20. The zero-order valence-electron chi connectivity index (χ0n) is 10.4. The minimum atomic E-state index is 0.269. The number of carbonyl (C=O) groups excluding carboxylic acids is 1. The van der Waals surface area contributed by atoms with Gasteiger partial charge in [-0.15, -0.1) is 0 Å². The van der Waals surface area contributed by atoms with E-state index in [-0.39, 0.29) is 18.3 Å². The van der Waals surface area contributed by atoms with E-state index >= 15 is 0 Å². The molecule has 0 spiro atoms. The summed E-state index contributed by atoms with van der Waals surface area (Å²) in [5, 5.41) is 0. The lowest BCUT2D eigenvalue weighted by Gasteiger charge is -2.20. The molecule has 3 heteroatoms. The van der Waals surface area contributed by atoms with Crippen LogP contribution in [0, 0.1) is 5.92 Å². The van der Waals surface area contributed by atoms with E-state index in [2.05, 4.69) is 6.92 Å². The average molecular weight is 228 g/mol. The maximum Gasteiger partial charge on any atom is 0.161 e. The maximum absolute atomic E-state index is 11.7. The van der Waals surface area contributed by atoms with Crippen molar-refractivity contribution in [3.05, 3.63) is 0 Å². The van der Waals surface area contributed by atoms with Crippen LogP contribution in [0.5, 0.6) is 0 Å². The lowest BCUT2D eigenvalue weighted by molar-refractivity contribution is -0.129. The number of ketones is 1. The van der Waals surface area contributed by atoms with Gasteiger partial charge in [0.25, 0.3) is 0 Å². The van der Waals surface area contributed by atoms with Crippen LogP contribution >= 0.6 is 0 Å². The van der Waals surface area contributed by atoms with Gasteiger partial charge in [-0.1, -0.05) is 26.2 Å². The quantitative estimate of drug-likeness (QED) is 0.599. The van der Waals surface area contributed by atoms with Crippen molar-refractivity contribution < 1.29 is 14.3 Å². The Labute approximate surface area is 98.5 Å². The fourth-order valence-electron chi connectivity index (χ4n) is 2.08. The summed E-state index contributed by atoms with van der Waals surface area (Å²) in [7, 11) is 0. The van der Waals surface area contributed by atoms with E-state index in [1.54, 1.807) is 0 Å². The third kappa shape index (κ3) is 5.61. The highest BCUT2D eigenvalue weighted by atomic mass is 16.5. The number of hydrogen-bond donors (Lipinski definition) is 0. The third-order valence-corrected chi connectivity index (χ3v) is 3.03. The molecule has 3 nitrogen and oxygen atoms in total. The van der Waals surface area contributed by atoms with Crippen molar-refractivity contribution in [3.8, 4) is 0 Å².